The van der Waals surface area contributed by atoms with Gasteiger partial charge in [-0.05, 0) is 44.4 Å². The molecule has 1 aromatic carbocycles. The third kappa shape index (κ3) is 2.38. The SMILES string of the molecule is NC(Cc1cc(Br)cs1)c1csc2ccccc12. The van der Waals surface area contributed by atoms with Crippen LogP contribution in [-0.2, 0) is 6.42 Å². The van der Waals surface area contributed by atoms with Crippen LogP contribution in [0.15, 0.2) is 45.6 Å². The van der Waals surface area contributed by atoms with Gasteiger partial charge in [0.25, 0.3) is 0 Å². The van der Waals surface area contributed by atoms with Crippen molar-refractivity contribution in [3.8, 4) is 0 Å². The zero-order valence-electron chi connectivity index (χ0n) is 9.60. The lowest BCUT2D eigenvalue weighted by atomic mass is 10.0. The molecule has 0 radical (unpaired) electrons. The van der Waals surface area contributed by atoms with E-state index in [9.17, 15) is 0 Å². The van der Waals surface area contributed by atoms with E-state index in [-0.39, 0.29) is 6.04 Å². The molecule has 0 amide bonds. The van der Waals surface area contributed by atoms with E-state index >= 15 is 0 Å². The van der Waals surface area contributed by atoms with Gasteiger partial charge in [0, 0.05) is 31.9 Å². The van der Waals surface area contributed by atoms with Crippen LogP contribution < -0.4 is 5.73 Å². The number of nitrogens with two attached hydrogens (primary N) is 1. The molecule has 0 spiro atoms. The van der Waals surface area contributed by atoms with E-state index in [0.29, 0.717) is 0 Å². The molecule has 1 atom stereocenters. The second-order valence-electron chi connectivity index (χ2n) is 4.23. The molecule has 92 valence electrons. The topological polar surface area (TPSA) is 26.0 Å². The highest BCUT2D eigenvalue weighted by atomic mass is 79.9. The fourth-order valence-corrected chi connectivity index (χ4v) is 4.61. The minimum atomic E-state index is 0.0756. The van der Waals surface area contributed by atoms with Crippen molar-refractivity contribution in [2.45, 2.75) is 12.5 Å². The molecule has 1 nitrogen and oxygen atoms in total. The van der Waals surface area contributed by atoms with Gasteiger partial charge >= 0.3 is 0 Å². The fourth-order valence-electron chi connectivity index (χ4n) is 2.07. The summed E-state index contributed by atoms with van der Waals surface area (Å²) in [5, 5.41) is 5.59. The first-order valence-corrected chi connectivity index (χ1v) is 8.24. The minimum absolute atomic E-state index is 0.0756. The Labute approximate surface area is 122 Å². The maximum absolute atomic E-state index is 6.34. The van der Waals surface area contributed by atoms with Gasteiger partial charge in [-0.1, -0.05) is 18.2 Å². The lowest BCUT2D eigenvalue weighted by Gasteiger charge is -2.09. The van der Waals surface area contributed by atoms with Gasteiger partial charge in [0.15, 0.2) is 0 Å². The molecule has 0 saturated heterocycles. The summed E-state index contributed by atoms with van der Waals surface area (Å²) in [6.45, 7) is 0. The number of hydrogen-bond acceptors (Lipinski definition) is 3. The molecule has 4 heteroatoms. The number of benzene rings is 1. The Morgan fingerprint density at radius 3 is 2.78 bits per heavy atom. The van der Waals surface area contributed by atoms with Crippen LogP contribution in [-0.4, -0.2) is 0 Å². The van der Waals surface area contributed by atoms with Gasteiger partial charge in [-0.25, -0.2) is 0 Å². The maximum atomic E-state index is 6.34. The second-order valence-corrected chi connectivity index (χ2v) is 7.05. The van der Waals surface area contributed by atoms with E-state index in [0.717, 1.165) is 10.9 Å². The zero-order valence-corrected chi connectivity index (χ0v) is 12.8. The lowest BCUT2D eigenvalue weighted by molar-refractivity contribution is 0.739. The molecule has 3 rings (SSSR count). The smallest absolute Gasteiger partial charge is 0.0358 e. The van der Waals surface area contributed by atoms with Crippen LogP contribution in [0.3, 0.4) is 0 Å². The first-order chi connectivity index (χ1) is 8.74. The Bertz CT molecular complexity index is 671. The highest BCUT2D eigenvalue weighted by Gasteiger charge is 2.13. The van der Waals surface area contributed by atoms with Crippen molar-refractivity contribution in [2.24, 2.45) is 5.73 Å². The molecular weight excluding hydrogens is 326 g/mol. The van der Waals surface area contributed by atoms with Gasteiger partial charge in [0.2, 0.25) is 0 Å². The molecular formula is C14H12BrNS2. The number of halogens is 1. The van der Waals surface area contributed by atoms with Gasteiger partial charge in [-0.3, -0.25) is 0 Å². The Hall–Kier alpha value is -0.680. The predicted octanol–water partition coefficient (Wildman–Crippen LogP) is 4.97. The molecule has 0 aliphatic rings. The van der Waals surface area contributed by atoms with E-state index in [1.54, 1.807) is 22.7 Å². The van der Waals surface area contributed by atoms with Crippen molar-refractivity contribution < 1.29 is 0 Å². The van der Waals surface area contributed by atoms with Crippen molar-refractivity contribution in [3.63, 3.8) is 0 Å². The summed E-state index contributed by atoms with van der Waals surface area (Å²) < 4.78 is 2.46. The number of rotatable bonds is 3. The van der Waals surface area contributed by atoms with Crippen molar-refractivity contribution in [3.05, 3.63) is 56.0 Å². The molecule has 3 aromatic rings. The van der Waals surface area contributed by atoms with Gasteiger partial charge in [0.05, 0.1) is 0 Å². The van der Waals surface area contributed by atoms with E-state index < -0.39 is 0 Å². The largest absolute Gasteiger partial charge is 0.324 e. The van der Waals surface area contributed by atoms with Crippen molar-refractivity contribution in [1.82, 2.24) is 0 Å². The number of fused-ring (bicyclic) bond motifs is 1. The summed E-state index contributed by atoms with van der Waals surface area (Å²) in [4.78, 5) is 1.32. The van der Waals surface area contributed by atoms with Crippen LogP contribution >= 0.6 is 38.6 Å². The van der Waals surface area contributed by atoms with E-state index in [2.05, 4.69) is 57.0 Å². The molecule has 0 aliphatic heterocycles. The molecule has 2 aromatic heterocycles. The Morgan fingerprint density at radius 1 is 1.17 bits per heavy atom. The van der Waals surface area contributed by atoms with Crippen molar-refractivity contribution in [2.75, 3.05) is 0 Å². The van der Waals surface area contributed by atoms with Crippen molar-refractivity contribution in [1.29, 1.82) is 0 Å². The predicted molar refractivity (Wildman–Crippen MR) is 84.5 cm³/mol. The molecule has 0 fully saturated rings. The van der Waals surface area contributed by atoms with Crippen LogP contribution in [0.25, 0.3) is 10.1 Å². The molecule has 2 N–H and O–H groups in total. The molecule has 0 saturated carbocycles. The fraction of sp³-hybridized carbons (Fsp3) is 0.143. The van der Waals surface area contributed by atoms with Crippen LogP contribution in [0.5, 0.6) is 0 Å². The summed E-state index contributed by atoms with van der Waals surface area (Å²) in [6.07, 6.45) is 0.900. The van der Waals surface area contributed by atoms with Crippen molar-refractivity contribution >= 4 is 48.7 Å². The lowest BCUT2D eigenvalue weighted by Crippen LogP contribution is -2.11. The zero-order chi connectivity index (χ0) is 12.5. The molecule has 0 aliphatic carbocycles. The highest BCUT2D eigenvalue weighted by molar-refractivity contribution is 9.10. The summed E-state index contributed by atoms with van der Waals surface area (Å²) in [5.74, 6) is 0. The minimum Gasteiger partial charge on any atom is -0.324 e. The summed E-state index contributed by atoms with van der Waals surface area (Å²) in [7, 11) is 0. The number of hydrogen-bond donors (Lipinski definition) is 1. The molecule has 1 unspecified atom stereocenters. The Balaban J connectivity index is 1.90. The van der Waals surface area contributed by atoms with Crippen LogP contribution in [0.1, 0.15) is 16.5 Å². The first kappa shape index (κ1) is 12.4. The third-order valence-electron chi connectivity index (χ3n) is 2.95. The summed E-state index contributed by atoms with van der Waals surface area (Å²) >= 11 is 7.01. The van der Waals surface area contributed by atoms with E-state index in [1.807, 2.05) is 0 Å². The Kier molecular flexibility index (Phi) is 3.52. The maximum Gasteiger partial charge on any atom is 0.0358 e. The van der Waals surface area contributed by atoms with Crippen LogP contribution in [0.2, 0.25) is 0 Å². The molecule has 0 bridgehead atoms. The third-order valence-corrected chi connectivity index (χ3v) is 5.65. The van der Waals surface area contributed by atoms with Crippen LogP contribution in [0.4, 0.5) is 0 Å². The highest BCUT2D eigenvalue weighted by Crippen LogP contribution is 2.32. The van der Waals surface area contributed by atoms with Gasteiger partial charge < -0.3 is 5.73 Å². The quantitative estimate of drug-likeness (QED) is 0.717. The van der Waals surface area contributed by atoms with Gasteiger partial charge in [0.1, 0.15) is 0 Å². The average molecular weight is 338 g/mol. The van der Waals surface area contributed by atoms with E-state index in [1.165, 1.54) is 20.5 Å². The normalized spacial score (nSPS) is 13.0. The summed E-state index contributed by atoms with van der Waals surface area (Å²) in [5.41, 5.74) is 7.61. The molecule has 18 heavy (non-hydrogen) atoms. The van der Waals surface area contributed by atoms with E-state index in [4.69, 9.17) is 5.73 Å². The monoisotopic (exact) mass is 337 g/mol. The first-order valence-electron chi connectivity index (χ1n) is 5.68. The average Bonchev–Trinajstić information content (AvgIpc) is 2.95. The molecule has 2 heterocycles. The van der Waals surface area contributed by atoms with Crippen LogP contribution in [0, 0.1) is 0 Å². The number of thiophene rings is 2. The standard InChI is InChI=1S/C14H12BrNS2/c15-9-5-10(17-7-9)6-13(16)12-8-18-14-4-2-1-3-11(12)14/h1-5,7-8,13H,6,16H2. The van der Waals surface area contributed by atoms with Gasteiger partial charge in [-0.2, -0.15) is 0 Å². The summed E-state index contributed by atoms with van der Waals surface area (Å²) in [6, 6.07) is 10.7. The second kappa shape index (κ2) is 5.13. The Morgan fingerprint density at radius 2 is 2.00 bits per heavy atom. The van der Waals surface area contributed by atoms with Gasteiger partial charge in [-0.15, -0.1) is 22.7 Å².